The van der Waals surface area contributed by atoms with Gasteiger partial charge in [-0.3, -0.25) is 4.79 Å². The second-order valence-electron chi connectivity index (χ2n) is 6.36. The summed E-state index contributed by atoms with van der Waals surface area (Å²) in [5.41, 5.74) is 3.79. The molecule has 1 amide bonds. The zero-order valence-corrected chi connectivity index (χ0v) is 12.1. The molecule has 1 aromatic heterocycles. The number of allylic oxidation sites excluding steroid dienone is 2. The van der Waals surface area contributed by atoms with Gasteiger partial charge in [0.2, 0.25) is 0 Å². The van der Waals surface area contributed by atoms with E-state index in [-0.39, 0.29) is 17.1 Å². The minimum Gasteiger partial charge on any atom is -0.459 e. The van der Waals surface area contributed by atoms with Gasteiger partial charge in [0.25, 0.3) is 0 Å². The fourth-order valence-electron chi connectivity index (χ4n) is 3.83. The minimum atomic E-state index is -0.300. The second-order valence-corrected chi connectivity index (χ2v) is 6.36. The van der Waals surface area contributed by atoms with E-state index >= 15 is 0 Å². The fraction of sp³-hybridized carbons (Fsp3) is 0.500. The molecule has 2 bridgehead atoms. The van der Waals surface area contributed by atoms with Crippen molar-refractivity contribution in [1.29, 1.82) is 0 Å². The molecule has 1 aromatic rings. The molecule has 0 saturated heterocycles. The third-order valence-corrected chi connectivity index (χ3v) is 4.83. The van der Waals surface area contributed by atoms with Gasteiger partial charge in [-0.2, -0.15) is 5.10 Å². The predicted octanol–water partition coefficient (Wildman–Crippen LogP) is 3.23. The number of rotatable bonds is 3. The van der Waals surface area contributed by atoms with Gasteiger partial charge in [0.1, 0.15) is 0 Å². The summed E-state index contributed by atoms with van der Waals surface area (Å²) < 4.78 is 5.05. The Bertz CT molecular complexity index is 569. The molecule has 2 aliphatic carbocycles. The third-order valence-electron chi connectivity index (χ3n) is 4.83. The number of carbonyl (C=O) groups is 1. The highest BCUT2D eigenvalue weighted by molar-refractivity contribution is 5.93. The Morgan fingerprint density at radius 3 is 2.85 bits per heavy atom. The van der Waals surface area contributed by atoms with Gasteiger partial charge in [-0.15, -0.1) is 0 Å². The lowest BCUT2D eigenvalue weighted by Gasteiger charge is -2.35. The summed E-state index contributed by atoms with van der Waals surface area (Å²) in [6.07, 6.45) is 7.32. The summed E-state index contributed by atoms with van der Waals surface area (Å²) in [6.45, 7) is 6.59. The molecule has 1 heterocycles. The average molecular weight is 272 g/mol. The quantitative estimate of drug-likeness (QED) is 0.522. The number of amides is 1. The van der Waals surface area contributed by atoms with Crippen LogP contribution in [0.25, 0.3) is 0 Å². The minimum absolute atomic E-state index is 0.211. The molecule has 106 valence electrons. The first-order chi connectivity index (χ1) is 9.50. The van der Waals surface area contributed by atoms with Crippen molar-refractivity contribution in [3.8, 4) is 0 Å². The first-order valence-electron chi connectivity index (χ1n) is 7.06. The largest absolute Gasteiger partial charge is 0.459 e. The van der Waals surface area contributed by atoms with E-state index < -0.39 is 0 Å². The summed E-state index contributed by atoms with van der Waals surface area (Å²) in [7, 11) is 0. The smallest absolute Gasteiger partial charge is 0.307 e. The van der Waals surface area contributed by atoms with E-state index in [2.05, 4.69) is 36.5 Å². The maximum Gasteiger partial charge on any atom is 0.307 e. The average Bonchev–Trinajstić information content (AvgIpc) is 3.09. The Labute approximate surface area is 118 Å². The molecular formula is C16H20N2O2. The Hall–Kier alpha value is -1.84. The van der Waals surface area contributed by atoms with Gasteiger partial charge in [0.05, 0.1) is 6.26 Å². The number of hydrogen-bond acceptors (Lipinski definition) is 3. The molecular weight excluding hydrogens is 252 g/mol. The number of furan rings is 1. The first-order valence-corrected chi connectivity index (χ1v) is 7.06. The van der Waals surface area contributed by atoms with E-state index in [9.17, 15) is 4.79 Å². The number of fused-ring (bicyclic) bond motifs is 2. The van der Waals surface area contributed by atoms with Gasteiger partial charge in [-0.05, 0) is 42.7 Å². The third kappa shape index (κ3) is 1.99. The SMILES string of the molecule is C/C(=N\NC(=O)c1ccco1)C1C2C=CC(C2)C1(C)C. The van der Waals surface area contributed by atoms with Gasteiger partial charge >= 0.3 is 5.91 Å². The summed E-state index contributed by atoms with van der Waals surface area (Å²) in [5.74, 6) is 1.57. The van der Waals surface area contributed by atoms with Crippen molar-refractivity contribution in [3.63, 3.8) is 0 Å². The molecule has 3 unspecified atom stereocenters. The van der Waals surface area contributed by atoms with Crippen molar-refractivity contribution in [2.45, 2.75) is 27.2 Å². The van der Waals surface area contributed by atoms with Crippen LogP contribution in [0.2, 0.25) is 0 Å². The molecule has 0 radical (unpaired) electrons. The van der Waals surface area contributed by atoms with Crippen LogP contribution in [0, 0.1) is 23.2 Å². The van der Waals surface area contributed by atoms with Gasteiger partial charge in [-0.25, -0.2) is 5.43 Å². The lowest BCUT2D eigenvalue weighted by Crippen LogP contribution is -2.34. The van der Waals surface area contributed by atoms with Crippen LogP contribution in [0.4, 0.5) is 0 Å². The second kappa shape index (κ2) is 4.62. The number of hydrazone groups is 1. The normalized spacial score (nSPS) is 30.8. The molecule has 0 spiro atoms. The Morgan fingerprint density at radius 1 is 1.45 bits per heavy atom. The first kappa shape index (κ1) is 13.2. The van der Waals surface area contributed by atoms with Crippen molar-refractivity contribution >= 4 is 11.6 Å². The molecule has 4 nitrogen and oxygen atoms in total. The lowest BCUT2D eigenvalue weighted by atomic mass is 9.69. The molecule has 1 saturated carbocycles. The highest BCUT2D eigenvalue weighted by atomic mass is 16.3. The number of nitrogens with one attached hydrogen (secondary N) is 1. The van der Waals surface area contributed by atoms with Gasteiger partial charge in [0.15, 0.2) is 5.76 Å². The van der Waals surface area contributed by atoms with Crippen LogP contribution in [0.15, 0.2) is 40.1 Å². The van der Waals surface area contributed by atoms with Crippen LogP contribution in [0.5, 0.6) is 0 Å². The van der Waals surface area contributed by atoms with Crippen LogP contribution in [-0.2, 0) is 0 Å². The fourth-order valence-corrected chi connectivity index (χ4v) is 3.83. The number of hydrogen-bond donors (Lipinski definition) is 1. The van der Waals surface area contributed by atoms with Crippen LogP contribution < -0.4 is 5.43 Å². The van der Waals surface area contributed by atoms with Crippen LogP contribution in [0.3, 0.4) is 0 Å². The summed E-state index contributed by atoms with van der Waals surface area (Å²) in [4.78, 5) is 11.8. The van der Waals surface area contributed by atoms with E-state index in [1.807, 2.05) is 6.92 Å². The predicted molar refractivity (Wildman–Crippen MR) is 77.3 cm³/mol. The van der Waals surface area contributed by atoms with Crippen molar-refractivity contribution in [2.24, 2.45) is 28.3 Å². The Kier molecular flexibility index (Phi) is 3.04. The van der Waals surface area contributed by atoms with E-state index in [1.165, 1.54) is 12.7 Å². The number of carbonyl (C=O) groups excluding carboxylic acids is 1. The summed E-state index contributed by atoms with van der Waals surface area (Å²) in [6, 6.07) is 3.32. The highest BCUT2D eigenvalue weighted by Crippen LogP contribution is 2.56. The number of nitrogens with zero attached hydrogens (tertiary/aromatic N) is 1. The van der Waals surface area contributed by atoms with Crippen molar-refractivity contribution < 1.29 is 9.21 Å². The van der Waals surface area contributed by atoms with Crippen LogP contribution >= 0.6 is 0 Å². The van der Waals surface area contributed by atoms with Crippen LogP contribution in [0.1, 0.15) is 37.7 Å². The summed E-state index contributed by atoms with van der Waals surface area (Å²) in [5, 5.41) is 4.30. The zero-order chi connectivity index (χ0) is 14.3. The van der Waals surface area contributed by atoms with Crippen molar-refractivity contribution in [2.75, 3.05) is 0 Å². The van der Waals surface area contributed by atoms with E-state index in [0.717, 1.165) is 5.71 Å². The monoisotopic (exact) mass is 272 g/mol. The van der Waals surface area contributed by atoms with Gasteiger partial charge in [-0.1, -0.05) is 26.0 Å². The molecule has 3 rings (SSSR count). The standard InChI is InChI=1S/C16H20N2O2/c1-10(17-18-15(19)13-5-4-8-20-13)14-11-6-7-12(9-11)16(14,2)3/h4-8,11-12,14H,9H2,1-3H3,(H,18,19)/b17-10+. The molecule has 1 fully saturated rings. The Balaban J connectivity index is 1.73. The molecule has 1 N–H and O–H groups in total. The van der Waals surface area contributed by atoms with E-state index in [4.69, 9.17) is 4.42 Å². The zero-order valence-electron chi connectivity index (χ0n) is 12.1. The highest BCUT2D eigenvalue weighted by Gasteiger charge is 2.51. The topological polar surface area (TPSA) is 54.6 Å². The maximum atomic E-state index is 11.8. The molecule has 3 atom stereocenters. The Morgan fingerprint density at radius 2 is 2.25 bits per heavy atom. The maximum absolute atomic E-state index is 11.8. The van der Waals surface area contributed by atoms with Crippen molar-refractivity contribution in [3.05, 3.63) is 36.3 Å². The van der Waals surface area contributed by atoms with Crippen LogP contribution in [-0.4, -0.2) is 11.6 Å². The molecule has 20 heavy (non-hydrogen) atoms. The van der Waals surface area contributed by atoms with Crippen molar-refractivity contribution in [1.82, 2.24) is 5.43 Å². The van der Waals surface area contributed by atoms with E-state index in [0.29, 0.717) is 17.8 Å². The summed E-state index contributed by atoms with van der Waals surface area (Å²) >= 11 is 0. The molecule has 2 aliphatic rings. The lowest BCUT2D eigenvalue weighted by molar-refractivity contribution is 0.0926. The van der Waals surface area contributed by atoms with Gasteiger partial charge < -0.3 is 4.42 Å². The van der Waals surface area contributed by atoms with Gasteiger partial charge in [0, 0.05) is 11.6 Å². The molecule has 4 heteroatoms. The molecule has 0 aromatic carbocycles. The molecule has 0 aliphatic heterocycles. The van der Waals surface area contributed by atoms with E-state index in [1.54, 1.807) is 12.1 Å².